The van der Waals surface area contributed by atoms with E-state index in [-0.39, 0.29) is 13.5 Å². The van der Waals surface area contributed by atoms with Gasteiger partial charge in [-0.2, -0.15) is 10.1 Å². The second-order valence-electron chi connectivity index (χ2n) is 6.51. The van der Waals surface area contributed by atoms with Crippen LogP contribution in [0, 0.1) is 0 Å². The van der Waals surface area contributed by atoms with Gasteiger partial charge in [-0.1, -0.05) is 44.7 Å². The van der Waals surface area contributed by atoms with Gasteiger partial charge in [-0.25, -0.2) is 4.98 Å². The molecule has 3 aromatic rings. The number of rotatable bonds is 7. The standard InChI is InChI=1S/C19H21BrN6.CH4/c1-2-15(12-6-4-3-5-7-12)22-19-21-11-14(20)18(24-19)23-17-10-16(25-26-17)13-8-9-13;/h3-7,10-11,13,15H,2,8-9H2,1H3,(H3,21,22,23,24,25,26);1H4/t15-;/m1./s1. The largest absolute Gasteiger partial charge is 0.347 e. The first-order valence-electron chi connectivity index (χ1n) is 8.89. The van der Waals surface area contributed by atoms with Crippen LogP contribution in [-0.2, 0) is 0 Å². The van der Waals surface area contributed by atoms with E-state index in [0.717, 1.165) is 16.7 Å². The van der Waals surface area contributed by atoms with E-state index >= 15 is 0 Å². The molecule has 2 aromatic heterocycles. The summed E-state index contributed by atoms with van der Waals surface area (Å²) in [6.45, 7) is 2.14. The number of hydrogen-bond acceptors (Lipinski definition) is 5. The van der Waals surface area contributed by atoms with Gasteiger partial charge in [0.25, 0.3) is 0 Å². The molecule has 0 saturated heterocycles. The normalized spacial score (nSPS) is 14.3. The maximum Gasteiger partial charge on any atom is 0.225 e. The lowest BCUT2D eigenvalue weighted by molar-refractivity contribution is 0.738. The van der Waals surface area contributed by atoms with Crippen LogP contribution < -0.4 is 10.6 Å². The number of halogens is 1. The first-order chi connectivity index (χ1) is 12.7. The zero-order chi connectivity index (χ0) is 17.9. The molecular formula is C20H25BrN6. The summed E-state index contributed by atoms with van der Waals surface area (Å²) in [4.78, 5) is 9.02. The van der Waals surface area contributed by atoms with Crippen LogP contribution in [0.25, 0.3) is 0 Å². The number of aromatic nitrogens is 4. The van der Waals surface area contributed by atoms with Crippen LogP contribution in [0.4, 0.5) is 17.6 Å². The number of hydrogen-bond donors (Lipinski definition) is 3. The number of aromatic amines is 1. The van der Waals surface area contributed by atoms with Crippen molar-refractivity contribution in [2.45, 2.75) is 45.6 Å². The van der Waals surface area contributed by atoms with E-state index in [9.17, 15) is 0 Å². The van der Waals surface area contributed by atoms with Crippen LogP contribution in [0.15, 0.2) is 47.1 Å². The molecule has 0 amide bonds. The number of anilines is 3. The first kappa shape index (κ1) is 19.4. The van der Waals surface area contributed by atoms with Crippen molar-refractivity contribution in [3.63, 3.8) is 0 Å². The minimum Gasteiger partial charge on any atom is -0.347 e. The third kappa shape index (κ3) is 4.66. The molecule has 27 heavy (non-hydrogen) atoms. The van der Waals surface area contributed by atoms with Gasteiger partial charge >= 0.3 is 0 Å². The molecule has 0 radical (unpaired) electrons. The van der Waals surface area contributed by atoms with Crippen molar-refractivity contribution in [2.24, 2.45) is 0 Å². The van der Waals surface area contributed by atoms with Gasteiger partial charge in [-0.3, -0.25) is 5.10 Å². The van der Waals surface area contributed by atoms with Crippen LogP contribution in [0.5, 0.6) is 0 Å². The van der Waals surface area contributed by atoms with E-state index in [1.165, 1.54) is 24.1 Å². The topological polar surface area (TPSA) is 78.5 Å². The summed E-state index contributed by atoms with van der Waals surface area (Å²) in [6.07, 6.45) is 5.18. The van der Waals surface area contributed by atoms with Gasteiger partial charge in [0, 0.05) is 23.9 Å². The molecular weight excluding hydrogens is 404 g/mol. The Morgan fingerprint density at radius 3 is 2.74 bits per heavy atom. The van der Waals surface area contributed by atoms with Crippen molar-refractivity contribution < 1.29 is 0 Å². The second kappa shape index (κ2) is 8.52. The van der Waals surface area contributed by atoms with E-state index in [1.807, 2.05) is 18.2 Å². The molecule has 142 valence electrons. The van der Waals surface area contributed by atoms with Gasteiger partial charge < -0.3 is 10.6 Å². The Bertz CT molecular complexity index is 875. The molecule has 1 aliphatic carbocycles. The minimum absolute atomic E-state index is 0. The molecule has 1 fully saturated rings. The highest BCUT2D eigenvalue weighted by Gasteiger charge is 2.25. The lowest BCUT2D eigenvalue weighted by Gasteiger charge is -2.18. The average Bonchev–Trinajstić information content (AvgIpc) is 3.42. The Labute approximate surface area is 168 Å². The molecule has 1 atom stereocenters. The highest BCUT2D eigenvalue weighted by atomic mass is 79.9. The third-order valence-corrected chi connectivity index (χ3v) is 5.10. The number of benzene rings is 1. The van der Waals surface area contributed by atoms with Gasteiger partial charge in [-0.15, -0.1) is 0 Å². The molecule has 4 rings (SSSR count). The van der Waals surface area contributed by atoms with Crippen molar-refractivity contribution in [3.05, 3.63) is 58.3 Å². The molecule has 6 nitrogen and oxygen atoms in total. The maximum absolute atomic E-state index is 4.62. The van der Waals surface area contributed by atoms with Crippen molar-refractivity contribution in [3.8, 4) is 0 Å². The van der Waals surface area contributed by atoms with Gasteiger partial charge in [-0.05, 0) is 40.8 Å². The van der Waals surface area contributed by atoms with Gasteiger partial charge in [0.2, 0.25) is 5.95 Å². The summed E-state index contributed by atoms with van der Waals surface area (Å²) in [5, 5.41) is 14.1. The molecule has 1 aromatic carbocycles. The van der Waals surface area contributed by atoms with Gasteiger partial charge in [0.15, 0.2) is 11.6 Å². The molecule has 2 heterocycles. The third-order valence-electron chi connectivity index (χ3n) is 4.52. The maximum atomic E-state index is 4.62. The van der Waals surface area contributed by atoms with Crippen LogP contribution in [-0.4, -0.2) is 20.2 Å². The SMILES string of the molecule is C.CC[C@@H](Nc1ncc(Br)c(Nc2cc(C3CC3)[nH]n2)n1)c1ccccc1. The quantitative estimate of drug-likeness (QED) is 0.444. The van der Waals surface area contributed by atoms with E-state index < -0.39 is 0 Å². The summed E-state index contributed by atoms with van der Waals surface area (Å²) in [6, 6.07) is 12.6. The number of H-pyrrole nitrogens is 1. The minimum atomic E-state index is 0. The predicted octanol–water partition coefficient (Wildman–Crippen LogP) is 5.78. The lowest BCUT2D eigenvalue weighted by atomic mass is 10.1. The zero-order valence-corrected chi connectivity index (χ0v) is 16.1. The smallest absolute Gasteiger partial charge is 0.225 e. The molecule has 1 saturated carbocycles. The molecule has 0 unspecified atom stereocenters. The summed E-state index contributed by atoms with van der Waals surface area (Å²) >= 11 is 3.51. The van der Waals surface area contributed by atoms with Gasteiger partial charge in [0.05, 0.1) is 10.5 Å². The van der Waals surface area contributed by atoms with Crippen LogP contribution in [0.1, 0.15) is 56.8 Å². The van der Waals surface area contributed by atoms with Crippen LogP contribution >= 0.6 is 15.9 Å². The highest BCUT2D eigenvalue weighted by Crippen LogP contribution is 2.39. The van der Waals surface area contributed by atoms with Crippen LogP contribution in [0.2, 0.25) is 0 Å². The van der Waals surface area contributed by atoms with E-state index in [1.54, 1.807) is 6.20 Å². The Morgan fingerprint density at radius 1 is 1.26 bits per heavy atom. The molecule has 1 aliphatic rings. The van der Waals surface area contributed by atoms with E-state index in [2.05, 4.69) is 71.9 Å². The first-order valence-corrected chi connectivity index (χ1v) is 9.68. The summed E-state index contributed by atoms with van der Waals surface area (Å²) in [5.74, 6) is 2.69. The number of nitrogens with zero attached hydrogens (tertiary/aromatic N) is 3. The fourth-order valence-electron chi connectivity index (χ4n) is 2.91. The van der Waals surface area contributed by atoms with Crippen molar-refractivity contribution in [1.29, 1.82) is 0 Å². The summed E-state index contributed by atoms with van der Waals surface area (Å²) < 4.78 is 0.798. The monoisotopic (exact) mass is 428 g/mol. The van der Waals surface area contributed by atoms with Crippen molar-refractivity contribution in [2.75, 3.05) is 10.6 Å². The Morgan fingerprint density at radius 2 is 2.04 bits per heavy atom. The summed E-state index contributed by atoms with van der Waals surface area (Å²) in [5.41, 5.74) is 2.41. The summed E-state index contributed by atoms with van der Waals surface area (Å²) in [7, 11) is 0. The Hall–Kier alpha value is -2.41. The molecule has 7 heteroatoms. The molecule has 3 N–H and O–H groups in total. The predicted molar refractivity (Wildman–Crippen MR) is 113 cm³/mol. The molecule has 0 aliphatic heterocycles. The van der Waals surface area contributed by atoms with Crippen LogP contribution in [0.3, 0.4) is 0 Å². The Balaban J connectivity index is 0.00000210. The molecule has 0 bridgehead atoms. The van der Waals surface area contributed by atoms with Gasteiger partial charge in [0.1, 0.15) is 0 Å². The van der Waals surface area contributed by atoms with Crippen molar-refractivity contribution >= 4 is 33.5 Å². The van der Waals surface area contributed by atoms with E-state index in [0.29, 0.717) is 17.7 Å². The fraction of sp³-hybridized carbons (Fsp3) is 0.350. The number of nitrogens with one attached hydrogen (secondary N) is 3. The van der Waals surface area contributed by atoms with E-state index in [4.69, 9.17) is 0 Å². The lowest BCUT2D eigenvalue weighted by Crippen LogP contribution is -2.12. The fourth-order valence-corrected chi connectivity index (χ4v) is 3.20. The van der Waals surface area contributed by atoms with Crippen molar-refractivity contribution in [1.82, 2.24) is 20.2 Å². The Kier molecular flexibility index (Phi) is 6.11. The highest BCUT2D eigenvalue weighted by molar-refractivity contribution is 9.10. The second-order valence-corrected chi connectivity index (χ2v) is 7.37. The molecule has 0 spiro atoms. The average molecular weight is 429 g/mol. The zero-order valence-electron chi connectivity index (χ0n) is 14.5.